The first kappa shape index (κ1) is 32.8. The first-order valence-corrected chi connectivity index (χ1v) is 20.5. The Morgan fingerprint density at radius 3 is 1.95 bits per heavy atom. The Kier molecular flexibility index (Phi) is 7.40. The average Bonchev–Trinajstić information content (AvgIpc) is 3.96. The van der Waals surface area contributed by atoms with Gasteiger partial charge in [0.1, 0.15) is 11.2 Å². The number of benzene rings is 9. The molecule has 0 saturated carbocycles. The monoisotopic (exact) mass is 758 g/mol. The number of thiophene rings is 1. The zero-order valence-corrected chi connectivity index (χ0v) is 32.2. The Hall–Kier alpha value is -7.40. The molecule has 0 aliphatic heterocycles. The van der Waals surface area contributed by atoms with Crippen molar-refractivity contribution in [3.05, 3.63) is 206 Å². The average molecular weight is 759 g/mol. The molecule has 0 spiro atoms. The van der Waals surface area contributed by atoms with E-state index in [0.717, 1.165) is 66.8 Å². The highest BCUT2D eigenvalue weighted by Crippen LogP contribution is 2.46. The lowest BCUT2D eigenvalue weighted by atomic mass is 10.0. The maximum absolute atomic E-state index is 6.62. The topological polar surface area (TPSA) is 21.3 Å². The molecule has 0 saturated heterocycles. The van der Waals surface area contributed by atoms with Gasteiger partial charge in [0.2, 0.25) is 0 Å². The first-order valence-electron chi connectivity index (χ1n) is 19.7. The number of furan rings is 1. The van der Waals surface area contributed by atoms with Gasteiger partial charge < -0.3 is 13.9 Å². The van der Waals surface area contributed by atoms with E-state index in [4.69, 9.17) is 4.42 Å². The lowest BCUT2D eigenvalue weighted by Gasteiger charge is -2.28. The van der Waals surface area contributed by atoms with Crippen LogP contribution in [0.2, 0.25) is 0 Å². The van der Waals surface area contributed by atoms with Crippen molar-refractivity contribution in [2.45, 2.75) is 0 Å². The number of hydrogen-bond donors (Lipinski definition) is 0. The van der Waals surface area contributed by atoms with Crippen LogP contribution in [0.3, 0.4) is 0 Å². The van der Waals surface area contributed by atoms with Crippen LogP contribution in [0.25, 0.3) is 91.9 Å². The van der Waals surface area contributed by atoms with Crippen molar-refractivity contribution in [2.24, 2.45) is 0 Å². The van der Waals surface area contributed by atoms with Gasteiger partial charge in [0.05, 0.1) is 22.4 Å². The number of hydrogen-bond acceptors (Lipinski definition) is 3. The van der Waals surface area contributed by atoms with Gasteiger partial charge in [-0.15, -0.1) is 11.3 Å². The minimum Gasteiger partial charge on any atom is -0.455 e. The highest BCUT2D eigenvalue weighted by atomic mass is 32.1. The van der Waals surface area contributed by atoms with Crippen molar-refractivity contribution < 1.29 is 4.42 Å². The van der Waals surface area contributed by atoms with Crippen LogP contribution < -0.4 is 4.90 Å². The van der Waals surface area contributed by atoms with Gasteiger partial charge in [-0.1, -0.05) is 146 Å². The van der Waals surface area contributed by atoms with Crippen LogP contribution >= 0.6 is 11.3 Å². The van der Waals surface area contributed by atoms with E-state index >= 15 is 0 Å². The number of fused-ring (bicyclic) bond motifs is 9. The molecule has 9 aromatic carbocycles. The van der Waals surface area contributed by atoms with E-state index in [1.54, 1.807) is 0 Å². The van der Waals surface area contributed by atoms with E-state index in [1.807, 2.05) is 17.4 Å². The summed E-state index contributed by atoms with van der Waals surface area (Å²) < 4.78 is 11.6. The van der Waals surface area contributed by atoms with Gasteiger partial charge in [0.25, 0.3) is 0 Å². The van der Waals surface area contributed by atoms with Crippen LogP contribution in [0.5, 0.6) is 0 Å². The second kappa shape index (κ2) is 13.1. The van der Waals surface area contributed by atoms with Crippen LogP contribution in [-0.2, 0) is 0 Å². The minimum atomic E-state index is 0.897. The standard InChI is InChI=1S/C54H34N2OS/c1-2-15-35(16-3-1)38-17-4-9-24-47(38)55(36-30-32-53-46(33-36)43-21-8-13-28-52(43)58-53)37-29-31-41-39-18-5-10-25-48(39)56(50(41)34-37)49-26-11-6-19-40(49)44-22-14-23-45-42-20-7-12-27-51(42)57-54(44)45/h1-34H. The largest absolute Gasteiger partial charge is 0.455 e. The fourth-order valence-corrected chi connectivity index (χ4v) is 10.1. The first-order chi connectivity index (χ1) is 28.8. The third kappa shape index (κ3) is 5.05. The van der Waals surface area contributed by atoms with Crippen molar-refractivity contribution in [3.63, 3.8) is 0 Å². The predicted octanol–water partition coefficient (Wildman–Crippen LogP) is 15.9. The quantitative estimate of drug-likeness (QED) is 0.168. The molecule has 58 heavy (non-hydrogen) atoms. The summed E-state index contributed by atoms with van der Waals surface area (Å²) in [7, 11) is 0. The summed E-state index contributed by atoms with van der Waals surface area (Å²) in [6.45, 7) is 0. The van der Waals surface area contributed by atoms with Crippen molar-refractivity contribution in [2.75, 3.05) is 4.90 Å². The van der Waals surface area contributed by atoms with Gasteiger partial charge in [0, 0.05) is 69.8 Å². The smallest absolute Gasteiger partial charge is 0.143 e. The summed E-state index contributed by atoms with van der Waals surface area (Å²) in [6, 6.07) is 74.5. The van der Waals surface area contributed by atoms with Crippen LogP contribution in [0.1, 0.15) is 0 Å². The van der Waals surface area contributed by atoms with Crippen molar-refractivity contribution in [3.8, 4) is 27.9 Å². The maximum atomic E-state index is 6.62. The van der Waals surface area contributed by atoms with E-state index < -0.39 is 0 Å². The van der Waals surface area contributed by atoms with E-state index in [-0.39, 0.29) is 0 Å². The van der Waals surface area contributed by atoms with E-state index in [9.17, 15) is 0 Å². The fourth-order valence-electron chi connectivity index (χ4n) is 9.02. The van der Waals surface area contributed by atoms with Crippen molar-refractivity contribution >= 4 is 92.3 Å². The number of rotatable bonds is 6. The van der Waals surface area contributed by atoms with Crippen molar-refractivity contribution in [1.29, 1.82) is 0 Å². The molecular weight excluding hydrogens is 725 g/mol. The summed E-state index contributed by atoms with van der Waals surface area (Å²) in [6.07, 6.45) is 0. The molecule has 0 unspecified atom stereocenters. The molecule has 0 aliphatic carbocycles. The lowest BCUT2D eigenvalue weighted by Crippen LogP contribution is -2.11. The zero-order valence-electron chi connectivity index (χ0n) is 31.3. The fraction of sp³-hybridized carbons (Fsp3) is 0. The molecule has 0 fully saturated rings. The third-order valence-electron chi connectivity index (χ3n) is 11.6. The summed E-state index contributed by atoms with van der Waals surface area (Å²) in [5.41, 5.74) is 13.0. The van der Waals surface area contributed by atoms with Gasteiger partial charge in [-0.3, -0.25) is 0 Å². The minimum absolute atomic E-state index is 0.897. The summed E-state index contributed by atoms with van der Waals surface area (Å²) >= 11 is 1.85. The molecule has 4 heteroatoms. The maximum Gasteiger partial charge on any atom is 0.143 e. The van der Waals surface area contributed by atoms with Gasteiger partial charge >= 0.3 is 0 Å². The van der Waals surface area contributed by atoms with Gasteiger partial charge in [-0.25, -0.2) is 0 Å². The highest BCUT2D eigenvalue weighted by Gasteiger charge is 2.23. The van der Waals surface area contributed by atoms with E-state index in [0.29, 0.717) is 0 Å². The molecule has 272 valence electrons. The number of nitrogens with zero attached hydrogens (tertiary/aromatic N) is 2. The Bertz CT molecular complexity index is 3540. The molecule has 0 bridgehead atoms. The molecule has 3 aromatic heterocycles. The van der Waals surface area contributed by atoms with Gasteiger partial charge in [0.15, 0.2) is 0 Å². The number of para-hydroxylation sites is 5. The Morgan fingerprint density at radius 2 is 1.03 bits per heavy atom. The van der Waals surface area contributed by atoms with Crippen molar-refractivity contribution in [1.82, 2.24) is 4.57 Å². The van der Waals surface area contributed by atoms with Crippen LogP contribution in [-0.4, -0.2) is 4.57 Å². The molecule has 0 amide bonds. The molecule has 3 nitrogen and oxygen atoms in total. The Labute approximate surface area is 338 Å². The van der Waals surface area contributed by atoms with Gasteiger partial charge in [-0.2, -0.15) is 0 Å². The number of anilines is 3. The zero-order chi connectivity index (χ0) is 38.2. The van der Waals surface area contributed by atoms with Gasteiger partial charge in [-0.05, 0) is 66.2 Å². The highest BCUT2D eigenvalue weighted by molar-refractivity contribution is 7.25. The normalized spacial score (nSPS) is 11.8. The Morgan fingerprint density at radius 1 is 0.397 bits per heavy atom. The predicted molar refractivity (Wildman–Crippen MR) is 247 cm³/mol. The van der Waals surface area contributed by atoms with Crippen LogP contribution in [0, 0.1) is 0 Å². The second-order valence-corrected chi connectivity index (χ2v) is 15.9. The summed E-state index contributed by atoms with van der Waals surface area (Å²) in [5.74, 6) is 0. The van der Waals surface area contributed by atoms with Crippen LogP contribution in [0.15, 0.2) is 211 Å². The Balaban J connectivity index is 1.13. The number of aromatic nitrogens is 1. The molecule has 0 aliphatic rings. The molecule has 12 rings (SSSR count). The van der Waals surface area contributed by atoms with E-state index in [2.05, 4.69) is 210 Å². The molecular formula is C54H34N2OS. The second-order valence-electron chi connectivity index (χ2n) is 14.8. The third-order valence-corrected chi connectivity index (χ3v) is 12.8. The molecule has 0 atom stereocenters. The lowest BCUT2D eigenvalue weighted by molar-refractivity contribution is 0.670. The summed E-state index contributed by atoms with van der Waals surface area (Å²) in [4.78, 5) is 2.44. The van der Waals surface area contributed by atoms with Crippen LogP contribution in [0.4, 0.5) is 17.1 Å². The van der Waals surface area contributed by atoms with E-state index in [1.165, 1.54) is 42.1 Å². The molecule has 12 aromatic rings. The molecule has 0 radical (unpaired) electrons. The molecule has 3 heterocycles. The SMILES string of the molecule is c1ccc(-c2ccccc2N(c2ccc3sc4ccccc4c3c2)c2ccc3c4ccccc4n(-c4ccccc4-c4cccc5c4oc4ccccc45)c3c2)cc1. The molecule has 0 N–H and O–H groups in total. The summed E-state index contributed by atoms with van der Waals surface area (Å²) in [5, 5.41) is 7.21.